The number of hydrogen-bond donors (Lipinski definition) is 0. The van der Waals surface area contributed by atoms with Gasteiger partial charge < -0.3 is 0 Å². The van der Waals surface area contributed by atoms with Gasteiger partial charge in [-0.3, -0.25) is 0 Å². The largest absolute Gasteiger partial charge is 0.233 e. The van der Waals surface area contributed by atoms with Crippen molar-refractivity contribution in [3.05, 3.63) is 45.1 Å². The summed E-state index contributed by atoms with van der Waals surface area (Å²) in [5.74, 6) is 1.23. The van der Waals surface area contributed by atoms with Crippen LogP contribution in [-0.2, 0) is 6.42 Å². The Balaban J connectivity index is 2.43. The zero-order valence-electron chi connectivity index (χ0n) is 11.2. The second kappa shape index (κ2) is 6.02. The van der Waals surface area contributed by atoms with Gasteiger partial charge in [0.1, 0.15) is 5.15 Å². The molecular formula is C15H16BrClN2. The van der Waals surface area contributed by atoms with Crippen LogP contribution >= 0.6 is 27.5 Å². The van der Waals surface area contributed by atoms with E-state index in [2.05, 4.69) is 46.7 Å². The SMILES string of the molecule is Cc1ccc(-c2nc(Cl)cc(CC(C)C)n2)cc1Br. The molecule has 0 spiro atoms. The molecular weight excluding hydrogens is 324 g/mol. The molecule has 1 aromatic carbocycles. The highest BCUT2D eigenvalue weighted by atomic mass is 79.9. The van der Waals surface area contributed by atoms with E-state index in [9.17, 15) is 0 Å². The van der Waals surface area contributed by atoms with E-state index in [0.29, 0.717) is 16.9 Å². The smallest absolute Gasteiger partial charge is 0.161 e. The molecule has 2 rings (SSSR count). The minimum absolute atomic E-state index is 0.498. The van der Waals surface area contributed by atoms with Crippen molar-refractivity contribution >= 4 is 27.5 Å². The van der Waals surface area contributed by atoms with Gasteiger partial charge in [-0.25, -0.2) is 9.97 Å². The Kier molecular flexibility index (Phi) is 4.58. The Labute approximate surface area is 127 Å². The molecule has 0 radical (unpaired) electrons. The van der Waals surface area contributed by atoms with E-state index in [-0.39, 0.29) is 0 Å². The van der Waals surface area contributed by atoms with Crippen LogP contribution in [0.3, 0.4) is 0 Å². The van der Waals surface area contributed by atoms with Crippen molar-refractivity contribution in [1.29, 1.82) is 0 Å². The summed E-state index contributed by atoms with van der Waals surface area (Å²) < 4.78 is 1.05. The monoisotopic (exact) mass is 338 g/mol. The average Bonchev–Trinajstić information content (AvgIpc) is 2.31. The van der Waals surface area contributed by atoms with E-state index in [1.807, 2.05) is 24.3 Å². The van der Waals surface area contributed by atoms with Crippen molar-refractivity contribution in [2.45, 2.75) is 27.2 Å². The molecule has 0 aliphatic heterocycles. The first-order valence-electron chi connectivity index (χ1n) is 6.25. The van der Waals surface area contributed by atoms with E-state index in [0.717, 1.165) is 22.2 Å². The van der Waals surface area contributed by atoms with Gasteiger partial charge in [-0.1, -0.05) is 53.5 Å². The van der Waals surface area contributed by atoms with Crippen LogP contribution in [0.5, 0.6) is 0 Å². The molecule has 0 amide bonds. The van der Waals surface area contributed by atoms with Gasteiger partial charge in [0.2, 0.25) is 0 Å². The zero-order chi connectivity index (χ0) is 14.0. The fourth-order valence-electron chi connectivity index (χ4n) is 1.85. The van der Waals surface area contributed by atoms with E-state index in [4.69, 9.17) is 11.6 Å². The maximum Gasteiger partial charge on any atom is 0.161 e. The number of nitrogens with zero attached hydrogens (tertiary/aromatic N) is 2. The fourth-order valence-corrected chi connectivity index (χ4v) is 2.43. The van der Waals surface area contributed by atoms with Crippen molar-refractivity contribution in [1.82, 2.24) is 9.97 Å². The van der Waals surface area contributed by atoms with Gasteiger partial charge >= 0.3 is 0 Å². The maximum atomic E-state index is 6.09. The lowest BCUT2D eigenvalue weighted by molar-refractivity contribution is 0.634. The first kappa shape index (κ1) is 14.5. The lowest BCUT2D eigenvalue weighted by Crippen LogP contribution is -2.00. The van der Waals surface area contributed by atoms with Crippen LogP contribution in [0, 0.1) is 12.8 Å². The molecule has 0 N–H and O–H groups in total. The predicted octanol–water partition coefficient (Wildman–Crippen LogP) is 5.07. The summed E-state index contributed by atoms with van der Waals surface area (Å²) >= 11 is 9.62. The average molecular weight is 340 g/mol. The Morgan fingerprint density at radius 2 is 1.95 bits per heavy atom. The molecule has 100 valence electrons. The number of halogens is 2. The second-order valence-corrected chi connectivity index (χ2v) is 6.31. The number of rotatable bonds is 3. The van der Waals surface area contributed by atoms with Gasteiger partial charge in [-0.05, 0) is 37.0 Å². The van der Waals surface area contributed by atoms with Gasteiger partial charge in [0.25, 0.3) is 0 Å². The van der Waals surface area contributed by atoms with Crippen molar-refractivity contribution < 1.29 is 0 Å². The van der Waals surface area contributed by atoms with Crippen molar-refractivity contribution in [3.63, 3.8) is 0 Å². The molecule has 4 heteroatoms. The van der Waals surface area contributed by atoms with Crippen molar-refractivity contribution in [2.75, 3.05) is 0 Å². The van der Waals surface area contributed by atoms with E-state index in [1.54, 1.807) is 0 Å². The van der Waals surface area contributed by atoms with Crippen LogP contribution in [0.15, 0.2) is 28.7 Å². The summed E-state index contributed by atoms with van der Waals surface area (Å²) in [7, 11) is 0. The highest BCUT2D eigenvalue weighted by Gasteiger charge is 2.08. The Bertz CT molecular complexity index is 597. The Morgan fingerprint density at radius 3 is 2.58 bits per heavy atom. The van der Waals surface area contributed by atoms with Crippen LogP contribution in [-0.4, -0.2) is 9.97 Å². The summed E-state index contributed by atoms with van der Waals surface area (Å²) in [5, 5.41) is 0.498. The molecule has 1 heterocycles. The molecule has 0 saturated heterocycles. The van der Waals surface area contributed by atoms with Crippen molar-refractivity contribution in [3.8, 4) is 11.4 Å². The summed E-state index contributed by atoms with van der Waals surface area (Å²) in [6.45, 7) is 6.38. The molecule has 0 bridgehead atoms. The number of hydrogen-bond acceptors (Lipinski definition) is 2. The van der Waals surface area contributed by atoms with Gasteiger partial charge in [-0.15, -0.1) is 0 Å². The molecule has 0 fully saturated rings. The minimum Gasteiger partial charge on any atom is -0.233 e. The second-order valence-electron chi connectivity index (χ2n) is 5.07. The molecule has 0 unspecified atom stereocenters. The number of aryl methyl sites for hydroxylation is 1. The van der Waals surface area contributed by atoms with Crippen molar-refractivity contribution in [2.24, 2.45) is 5.92 Å². The molecule has 19 heavy (non-hydrogen) atoms. The third kappa shape index (κ3) is 3.77. The van der Waals surface area contributed by atoms with Gasteiger partial charge in [0, 0.05) is 15.7 Å². The van der Waals surface area contributed by atoms with Gasteiger partial charge in [-0.2, -0.15) is 0 Å². The topological polar surface area (TPSA) is 25.8 Å². The zero-order valence-corrected chi connectivity index (χ0v) is 13.6. The quantitative estimate of drug-likeness (QED) is 0.730. The molecule has 2 nitrogen and oxygen atoms in total. The van der Waals surface area contributed by atoms with Crippen LogP contribution in [0.25, 0.3) is 11.4 Å². The molecule has 1 aromatic heterocycles. The Hall–Kier alpha value is -0.930. The molecule has 0 aliphatic carbocycles. The molecule has 2 aromatic rings. The van der Waals surface area contributed by atoms with Crippen LogP contribution in [0.2, 0.25) is 5.15 Å². The van der Waals surface area contributed by atoms with Crippen LogP contribution in [0.1, 0.15) is 25.1 Å². The summed E-state index contributed by atoms with van der Waals surface area (Å²) in [6.07, 6.45) is 0.905. The normalized spacial score (nSPS) is 11.1. The molecule has 0 atom stereocenters. The third-order valence-electron chi connectivity index (χ3n) is 2.80. The van der Waals surface area contributed by atoms with Gasteiger partial charge in [0.05, 0.1) is 0 Å². The summed E-state index contributed by atoms with van der Waals surface area (Å²) in [6, 6.07) is 7.94. The van der Waals surface area contributed by atoms with E-state index >= 15 is 0 Å². The van der Waals surface area contributed by atoms with E-state index in [1.165, 1.54) is 5.56 Å². The maximum absolute atomic E-state index is 6.09. The predicted molar refractivity (Wildman–Crippen MR) is 83.5 cm³/mol. The lowest BCUT2D eigenvalue weighted by atomic mass is 10.1. The molecule has 0 aliphatic rings. The number of benzene rings is 1. The fraction of sp³-hybridized carbons (Fsp3) is 0.333. The summed E-state index contributed by atoms with van der Waals surface area (Å²) in [4.78, 5) is 8.91. The summed E-state index contributed by atoms with van der Waals surface area (Å²) in [5.41, 5.74) is 3.15. The van der Waals surface area contributed by atoms with E-state index < -0.39 is 0 Å². The van der Waals surface area contributed by atoms with Crippen LogP contribution < -0.4 is 0 Å². The van der Waals surface area contributed by atoms with Gasteiger partial charge in [0.15, 0.2) is 5.82 Å². The minimum atomic E-state index is 0.498. The Morgan fingerprint density at radius 1 is 1.21 bits per heavy atom. The first-order valence-corrected chi connectivity index (χ1v) is 7.43. The standard InChI is InChI=1S/C15H16BrClN2/c1-9(2)6-12-8-14(17)19-15(18-12)11-5-4-10(3)13(16)7-11/h4-5,7-9H,6H2,1-3H3. The lowest BCUT2D eigenvalue weighted by Gasteiger charge is -2.08. The number of aromatic nitrogens is 2. The van der Waals surface area contributed by atoms with Crippen LogP contribution in [0.4, 0.5) is 0 Å². The third-order valence-corrected chi connectivity index (χ3v) is 3.84. The first-order chi connectivity index (χ1) is 8.95. The molecule has 0 saturated carbocycles. The highest BCUT2D eigenvalue weighted by molar-refractivity contribution is 9.10. The highest BCUT2D eigenvalue weighted by Crippen LogP contribution is 2.25.